The molecule has 25 heavy (non-hydrogen) atoms. The van der Waals surface area contributed by atoms with Crippen LogP contribution in [0.5, 0.6) is 0 Å². The first kappa shape index (κ1) is 19.8. The largest absolute Gasteiger partial charge is 0.453 e. The molecule has 1 saturated carbocycles. The molecule has 2 rings (SSSR count). The lowest BCUT2D eigenvalue weighted by Crippen LogP contribution is -2.46. The highest BCUT2D eigenvalue weighted by molar-refractivity contribution is 7.99. The Bertz CT molecular complexity index is 579. The second kappa shape index (κ2) is 9.80. The number of hydrogen-bond donors (Lipinski definition) is 1. The summed E-state index contributed by atoms with van der Waals surface area (Å²) < 4.78 is 18.0. The first-order valence-corrected chi connectivity index (χ1v) is 9.82. The Morgan fingerprint density at radius 2 is 1.96 bits per heavy atom. The summed E-state index contributed by atoms with van der Waals surface area (Å²) in [4.78, 5) is 25.0. The maximum absolute atomic E-state index is 12.8. The van der Waals surface area contributed by atoms with Crippen LogP contribution in [0, 0.1) is 11.7 Å². The fourth-order valence-electron chi connectivity index (χ4n) is 2.92. The van der Waals surface area contributed by atoms with Crippen LogP contribution in [0.2, 0.25) is 0 Å². The average Bonchev–Trinajstić information content (AvgIpc) is 2.58. The highest BCUT2D eigenvalue weighted by atomic mass is 32.2. The van der Waals surface area contributed by atoms with Crippen molar-refractivity contribution in [3.8, 4) is 0 Å². The molecule has 0 aromatic heterocycles. The van der Waals surface area contributed by atoms with Crippen molar-refractivity contribution >= 4 is 23.6 Å². The molecule has 1 aliphatic carbocycles. The van der Waals surface area contributed by atoms with E-state index in [1.807, 2.05) is 0 Å². The van der Waals surface area contributed by atoms with Crippen molar-refractivity contribution in [3.63, 3.8) is 0 Å². The fraction of sp³-hybridized carbons (Fsp3) is 0.579. The summed E-state index contributed by atoms with van der Waals surface area (Å²) in [6.07, 6.45) is 3.88. The van der Waals surface area contributed by atoms with Gasteiger partial charge in [-0.2, -0.15) is 0 Å². The van der Waals surface area contributed by atoms with Crippen LogP contribution in [0.3, 0.4) is 0 Å². The molecule has 1 fully saturated rings. The van der Waals surface area contributed by atoms with Gasteiger partial charge >= 0.3 is 5.97 Å². The summed E-state index contributed by atoms with van der Waals surface area (Å²) in [5.74, 6) is 0.0918. The topological polar surface area (TPSA) is 55.4 Å². The second-order valence-corrected chi connectivity index (χ2v) is 7.73. The van der Waals surface area contributed by atoms with Crippen LogP contribution < -0.4 is 5.32 Å². The monoisotopic (exact) mass is 367 g/mol. The van der Waals surface area contributed by atoms with Gasteiger partial charge in [-0.25, -0.2) is 4.39 Å². The molecule has 0 radical (unpaired) electrons. The molecule has 1 aliphatic rings. The molecule has 0 aliphatic heterocycles. The third-order valence-electron chi connectivity index (χ3n) is 4.51. The average molecular weight is 367 g/mol. The number of carbonyl (C=O) groups is 2. The molecular formula is C19H26FNO3S. The molecule has 6 heteroatoms. The number of esters is 1. The number of carbonyl (C=O) groups excluding carboxylic acids is 2. The van der Waals surface area contributed by atoms with Crippen molar-refractivity contribution in [2.24, 2.45) is 5.92 Å². The lowest BCUT2D eigenvalue weighted by molar-refractivity contribution is -0.154. The van der Waals surface area contributed by atoms with E-state index in [1.165, 1.54) is 30.3 Å². The number of halogens is 1. The van der Waals surface area contributed by atoms with E-state index in [-0.39, 0.29) is 24.2 Å². The van der Waals surface area contributed by atoms with E-state index in [4.69, 9.17) is 4.74 Å². The molecule has 1 amide bonds. The van der Waals surface area contributed by atoms with Gasteiger partial charge in [-0.3, -0.25) is 9.59 Å². The maximum atomic E-state index is 12.8. The first-order valence-electron chi connectivity index (χ1n) is 8.84. The lowest BCUT2D eigenvalue weighted by atomic mass is 9.86. The molecule has 0 saturated heterocycles. The highest BCUT2D eigenvalue weighted by Gasteiger charge is 2.26. The van der Waals surface area contributed by atoms with E-state index >= 15 is 0 Å². The molecule has 1 aromatic rings. The number of thioether (sulfide) groups is 1. The van der Waals surface area contributed by atoms with Gasteiger partial charge in [0.25, 0.3) is 5.91 Å². The molecule has 4 nitrogen and oxygen atoms in total. The molecule has 1 N–H and O–H groups in total. The molecule has 1 aromatic carbocycles. The molecule has 0 unspecified atom stereocenters. The SMILES string of the molecule is C[C@@H]1CCCC[C@@H]1NC(=O)[C@@H](C)OC(=O)CCSc1ccc(F)cc1. The van der Waals surface area contributed by atoms with Crippen molar-refractivity contribution in [1.29, 1.82) is 0 Å². The number of nitrogens with one attached hydrogen (secondary N) is 1. The Hall–Kier alpha value is -1.56. The predicted molar refractivity (Wildman–Crippen MR) is 96.9 cm³/mol. The van der Waals surface area contributed by atoms with Crippen LogP contribution in [-0.2, 0) is 14.3 Å². The summed E-state index contributed by atoms with van der Waals surface area (Å²) in [6.45, 7) is 3.75. The summed E-state index contributed by atoms with van der Waals surface area (Å²) in [5.41, 5.74) is 0. The molecule has 3 atom stereocenters. The normalized spacial score (nSPS) is 21.4. The van der Waals surface area contributed by atoms with Crippen LogP contribution in [-0.4, -0.2) is 29.8 Å². The van der Waals surface area contributed by atoms with Crippen LogP contribution in [0.4, 0.5) is 4.39 Å². The predicted octanol–water partition coefficient (Wildman–Crippen LogP) is 3.93. The Morgan fingerprint density at radius 1 is 1.28 bits per heavy atom. The van der Waals surface area contributed by atoms with Gasteiger partial charge in [-0.15, -0.1) is 11.8 Å². The molecular weight excluding hydrogens is 341 g/mol. The zero-order valence-electron chi connectivity index (χ0n) is 14.8. The maximum Gasteiger partial charge on any atom is 0.307 e. The van der Waals surface area contributed by atoms with Gasteiger partial charge in [0, 0.05) is 16.7 Å². The van der Waals surface area contributed by atoms with Gasteiger partial charge < -0.3 is 10.1 Å². The van der Waals surface area contributed by atoms with Crippen LogP contribution in [0.15, 0.2) is 29.2 Å². The minimum Gasteiger partial charge on any atom is -0.453 e. The van der Waals surface area contributed by atoms with Gasteiger partial charge in [0.1, 0.15) is 5.82 Å². The number of ether oxygens (including phenoxy) is 1. The van der Waals surface area contributed by atoms with E-state index in [9.17, 15) is 14.0 Å². The fourth-order valence-corrected chi connectivity index (χ4v) is 3.76. The van der Waals surface area contributed by atoms with E-state index in [0.29, 0.717) is 11.7 Å². The van der Waals surface area contributed by atoms with Gasteiger partial charge in [0.2, 0.25) is 0 Å². The summed E-state index contributed by atoms with van der Waals surface area (Å²) in [6, 6.07) is 6.30. The number of benzene rings is 1. The Balaban J connectivity index is 1.68. The van der Waals surface area contributed by atoms with Crippen LogP contribution in [0.25, 0.3) is 0 Å². The van der Waals surface area contributed by atoms with E-state index < -0.39 is 12.1 Å². The van der Waals surface area contributed by atoms with Crippen molar-refractivity contribution in [2.75, 3.05) is 5.75 Å². The molecule has 0 heterocycles. The number of amides is 1. The Kier molecular flexibility index (Phi) is 7.75. The quantitative estimate of drug-likeness (QED) is 0.586. The summed E-state index contributed by atoms with van der Waals surface area (Å²) in [7, 11) is 0. The zero-order valence-corrected chi connectivity index (χ0v) is 15.6. The number of hydrogen-bond acceptors (Lipinski definition) is 4. The third kappa shape index (κ3) is 6.69. The zero-order chi connectivity index (χ0) is 18.2. The van der Waals surface area contributed by atoms with Gasteiger partial charge in [-0.1, -0.05) is 19.8 Å². The second-order valence-electron chi connectivity index (χ2n) is 6.56. The van der Waals surface area contributed by atoms with E-state index in [1.54, 1.807) is 19.1 Å². The minimum absolute atomic E-state index is 0.177. The first-order chi connectivity index (χ1) is 12.0. The van der Waals surface area contributed by atoms with Crippen molar-refractivity contribution in [2.45, 2.75) is 63.0 Å². The van der Waals surface area contributed by atoms with Gasteiger partial charge in [0.05, 0.1) is 6.42 Å². The Morgan fingerprint density at radius 3 is 2.64 bits per heavy atom. The van der Waals surface area contributed by atoms with Crippen LogP contribution >= 0.6 is 11.8 Å². The summed E-state index contributed by atoms with van der Waals surface area (Å²) >= 11 is 1.45. The lowest BCUT2D eigenvalue weighted by Gasteiger charge is -2.30. The summed E-state index contributed by atoms with van der Waals surface area (Å²) in [5, 5.41) is 3.00. The molecule has 0 bridgehead atoms. The Labute approximate surface area is 152 Å². The van der Waals surface area contributed by atoms with Gasteiger partial charge in [0.15, 0.2) is 6.10 Å². The van der Waals surface area contributed by atoms with Gasteiger partial charge in [-0.05, 0) is 49.9 Å². The van der Waals surface area contributed by atoms with Crippen molar-refractivity contribution < 1.29 is 18.7 Å². The van der Waals surface area contributed by atoms with Crippen molar-refractivity contribution in [1.82, 2.24) is 5.32 Å². The van der Waals surface area contributed by atoms with E-state index in [2.05, 4.69) is 12.2 Å². The molecule has 0 spiro atoms. The number of rotatable bonds is 7. The highest BCUT2D eigenvalue weighted by Crippen LogP contribution is 2.24. The standard InChI is InChI=1S/C19H26FNO3S/c1-13-5-3-4-6-17(13)21-19(23)14(2)24-18(22)11-12-25-16-9-7-15(20)8-10-16/h7-10,13-14,17H,3-6,11-12H2,1-2H3,(H,21,23)/t13-,14-,17+/m1/s1. The smallest absolute Gasteiger partial charge is 0.307 e. The van der Waals surface area contributed by atoms with Crippen molar-refractivity contribution in [3.05, 3.63) is 30.1 Å². The third-order valence-corrected chi connectivity index (χ3v) is 5.52. The molecule has 138 valence electrons. The minimum atomic E-state index is -0.780. The van der Waals surface area contributed by atoms with E-state index in [0.717, 1.165) is 24.2 Å². The van der Waals surface area contributed by atoms with Crippen LogP contribution in [0.1, 0.15) is 46.0 Å².